The van der Waals surface area contributed by atoms with Crippen LogP contribution in [0.25, 0.3) is 10.9 Å². The van der Waals surface area contributed by atoms with Gasteiger partial charge in [0, 0.05) is 11.2 Å². The van der Waals surface area contributed by atoms with Gasteiger partial charge in [0.25, 0.3) is 0 Å². The minimum atomic E-state index is 0.443. The predicted molar refractivity (Wildman–Crippen MR) is 57.5 cm³/mol. The Morgan fingerprint density at radius 1 is 1.29 bits per heavy atom. The molecule has 0 N–H and O–H groups in total. The molecule has 0 spiro atoms. The van der Waals surface area contributed by atoms with Gasteiger partial charge < -0.3 is 9.36 Å². The Balaban J connectivity index is 2.72. The van der Waals surface area contributed by atoms with E-state index in [2.05, 4.69) is 31.2 Å². The van der Waals surface area contributed by atoms with E-state index < -0.39 is 0 Å². The Labute approximate surface area is 83.2 Å². The predicted octanol–water partition coefficient (Wildman–Crippen LogP) is 2.46. The van der Waals surface area contributed by atoms with E-state index in [0.717, 1.165) is 17.5 Å². The van der Waals surface area contributed by atoms with Crippen LogP contribution in [0.3, 0.4) is 0 Å². The monoisotopic (exact) mass is 187 g/mol. The molecule has 2 nitrogen and oxygen atoms in total. The first kappa shape index (κ1) is 9.00. The minimum Gasteiger partial charge on any atom is -0.338 e. The Hall–Kier alpha value is -1.57. The lowest BCUT2D eigenvalue weighted by molar-refractivity contribution is -0.108. The van der Waals surface area contributed by atoms with Crippen molar-refractivity contribution in [3.63, 3.8) is 0 Å². The van der Waals surface area contributed by atoms with E-state index in [-0.39, 0.29) is 0 Å². The van der Waals surface area contributed by atoms with Crippen LogP contribution in [-0.2, 0) is 11.3 Å². The SMILES string of the molecule is Cc1ccc2cc(C)n(CC=O)c2c1. The van der Waals surface area contributed by atoms with Crippen LogP contribution in [0.15, 0.2) is 24.3 Å². The fourth-order valence-corrected chi connectivity index (χ4v) is 1.82. The topological polar surface area (TPSA) is 22.0 Å². The van der Waals surface area contributed by atoms with Crippen molar-refractivity contribution >= 4 is 17.2 Å². The molecule has 0 atom stereocenters. The van der Waals surface area contributed by atoms with Gasteiger partial charge in [-0.1, -0.05) is 12.1 Å². The number of aryl methyl sites for hydroxylation is 2. The number of rotatable bonds is 2. The van der Waals surface area contributed by atoms with Crippen LogP contribution < -0.4 is 0 Å². The lowest BCUT2D eigenvalue weighted by Gasteiger charge is -2.03. The average Bonchev–Trinajstić information content (AvgIpc) is 2.45. The largest absolute Gasteiger partial charge is 0.338 e. The smallest absolute Gasteiger partial charge is 0.139 e. The molecule has 0 aliphatic carbocycles. The van der Waals surface area contributed by atoms with Gasteiger partial charge in [0.15, 0.2) is 0 Å². The second-order valence-electron chi connectivity index (χ2n) is 3.63. The molecular weight excluding hydrogens is 174 g/mol. The number of aromatic nitrogens is 1. The van der Waals surface area contributed by atoms with Gasteiger partial charge in [-0.3, -0.25) is 0 Å². The molecule has 0 amide bonds. The fraction of sp³-hybridized carbons (Fsp3) is 0.250. The second kappa shape index (κ2) is 3.29. The number of hydrogen-bond donors (Lipinski definition) is 0. The summed E-state index contributed by atoms with van der Waals surface area (Å²) in [5, 5.41) is 1.20. The molecule has 2 aromatic rings. The number of carbonyl (C=O) groups excluding carboxylic acids is 1. The molecule has 2 rings (SSSR count). The summed E-state index contributed by atoms with van der Waals surface area (Å²) < 4.78 is 2.04. The van der Waals surface area contributed by atoms with Crippen LogP contribution >= 0.6 is 0 Å². The number of hydrogen-bond acceptors (Lipinski definition) is 1. The number of aldehydes is 1. The summed E-state index contributed by atoms with van der Waals surface area (Å²) >= 11 is 0. The van der Waals surface area contributed by atoms with Gasteiger partial charge >= 0.3 is 0 Å². The molecule has 0 aliphatic heterocycles. The summed E-state index contributed by atoms with van der Waals surface area (Å²) in [4.78, 5) is 10.5. The van der Waals surface area contributed by atoms with E-state index in [9.17, 15) is 4.79 Å². The maximum atomic E-state index is 10.5. The van der Waals surface area contributed by atoms with Gasteiger partial charge in [-0.25, -0.2) is 0 Å². The highest BCUT2D eigenvalue weighted by atomic mass is 16.1. The fourth-order valence-electron chi connectivity index (χ4n) is 1.82. The molecule has 0 unspecified atom stereocenters. The third-order valence-electron chi connectivity index (χ3n) is 2.52. The Morgan fingerprint density at radius 3 is 2.79 bits per heavy atom. The summed E-state index contributed by atoms with van der Waals surface area (Å²) in [6, 6.07) is 8.41. The zero-order valence-electron chi connectivity index (χ0n) is 8.45. The Kier molecular flexibility index (Phi) is 2.12. The molecule has 1 aromatic heterocycles. The van der Waals surface area contributed by atoms with E-state index in [1.165, 1.54) is 10.9 Å². The lowest BCUT2D eigenvalue weighted by Crippen LogP contribution is -2.00. The molecule has 0 bridgehead atoms. The summed E-state index contributed by atoms with van der Waals surface area (Å²) in [6.07, 6.45) is 0.939. The van der Waals surface area contributed by atoms with Crippen LogP contribution in [-0.4, -0.2) is 10.9 Å². The zero-order chi connectivity index (χ0) is 10.1. The summed E-state index contributed by atoms with van der Waals surface area (Å²) in [5.74, 6) is 0. The number of carbonyl (C=O) groups is 1. The van der Waals surface area contributed by atoms with Crippen LogP contribution in [0.1, 0.15) is 11.3 Å². The quantitative estimate of drug-likeness (QED) is 0.662. The van der Waals surface area contributed by atoms with Crippen molar-refractivity contribution in [2.24, 2.45) is 0 Å². The molecule has 2 heteroatoms. The van der Waals surface area contributed by atoms with Crippen molar-refractivity contribution in [1.82, 2.24) is 4.57 Å². The second-order valence-corrected chi connectivity index (χ2v) is 3.63. The van der Waals surface area contributed by atoms with E-state index in [1.807, 2.05) is 11.5 Å². The van der Waals surface area contributed by atoms with E-state index in [1.54, 1.807) is 0 Å². The molecule has 72 valence electrons. The minimum absolute atomic E-state index is 0.443. The van der Waals surface area contributed by atoms with Crippen molar-refractivity contribution in [3.05, 3.63) is 35.5 Å². The van der Waals surface area contributed by atoms with Gasteiger partial charge in [-0.05, 0) is 36.9 Å². The maximum absolute atomic E-state index is 10.5. The number of nitrogens with zero attached hydrogens (tertiary/aromatic N) is 1. The van der Waals surface area contributed by atoms with Crippen LogP contribution in [0.4, 0.5) is 0 Å². The first-order valence-corrected chi connectivity index (χ1v) is 4.72. The van der Waals surface area contributed by atoms with Crippen molar-refractivity contribution in [2.45, 2.75) is 20.4 Å². The van der Waals surface area contributed by atoms with Crippen LogP contribution in [0.5, 0.6) is 0 Å². The first-order valence-electron chi connectivity index (χ1n) is 4.72. The van der Waals surface area contributed by atoms with Crippen LogP contribution in [0.2, 0.25) is 0 Å². The van der Waals surface area contributed by atoms with Crippen molar-refractivity contribution in [3.8, 4) is 0 Å². The maximum Gasteiger partial charge on any atom is 0.139 e. The van der Waals surface area contributed by atoms with Crippen LogP contribution in [0, 0.1) is 13.8 Å². The molecule has 0 aliphatic rings. The summed E-state index contributed by atoms with van der Waals surface area (Å²) in [5.41, 5.74) is 3.51. The number of fused-ring (bicyclic) bond motifs is 1. The van der Waals surface area contributed by atoms with Gasteiger partial charge in [0.1, 0.15) is 6.29 Å². The zero-order valence-corrected chi connectivity index (χ0v) is 8.45. The molecular formula is C12H13NO. The van der Waals surface area contributed by atoms with E-state index in [4.69, 9.17) is 0 Å². The van der Waals surface area contributed by atoms with Crippen molar-refractivity contribution in [1.29, 1.82) is 0 Å². The van der Waals surface area contributed by atoms with Gasteiger partial charge in [-0.15, -0.1) is 0 Å². The highest BCUT2D eigenvalue weighted by molar-refractivity contribution is 5.82. The van der Waals surface area contributed by atoms with Gasteiger partial charge in [0.05, 0.1) is 6.54 Å². The molecule has 0 saturated carbocycles. The highest BCUT2D eigenvalue weighted by Crippen LogP contribution is 2.20. The highest BCUT2D eigenvalue weighted by Gasteiger charge is 2.04. The Morgan fingerprint density at radius 2 is 2.07 bits per heavy atom. The summed E-state index contributed by atoms with van der Waals surface area (Å²) in [7, 11) is 0. The number of benzene rings is 1. The van der Waals surface area contributed by atoms with E-state index >= 15 is 0 Å². The average molecular weight is 187 g/mol. The standard InChI is InChI=1S/C12H13NO/c1-9-3-4-11-8-10(2)13(5-6-14)12(11)7-9/h3-4,6-8H,5H2,1-2H3. The molecule has 0 fully saturated rings. The van der Waals surface area contributed by atoms with Crippen molar-refractivity contribution < 1.29 is 4.79 Å². The molecule has 14 heavy (non-hydrogen) atoms. The first-order chi connectivity index (χ1) is 6.72. The summed E-state index contributed by atoms with van der Waals surface area (Å²) in [6.45, 7) is 4.53. The molecule has 0 radical (unpaired) electrons. The van der Waals surface area contributed by atoms with Crippen molar-refractivity contribution in [2.75, 3.05) is 0 Å². The van der Waals surface area contributed by atoms with Gasteiger partial charge in [0.2, 0.25) is 0 Å². The lowest BCUT2D eigenvalue weighted by atomic mass is 10.2. The third kappa shape index (κ3) is 1.33. The Bertz CT molecular complexity index is 482. The molecule has 1 aromatic carbocycles. The van der Waals surface area contributed by atoms with Gasteiger partial charge in [-0.2, -0.15) is 0 Å². The normalized spacial score (nSPS) is 10.7. The molecule has 1 heterocycles. The molecule has 0 saturated heterocycles. The third-order valence-corrected chi connectivity index (χ3v) is 2.52. The van der Waals surface area contributed by atoms with E-state index in [0.29, 0.717) is 6.54 Å².